The highest BCUT2D eigenvalue weighted by Gasteiger charge is 2.29. The molecule has 0 spiro atoms. The summed E-state index contributed by atoms with van der Waals surface area (Å²) in [5, 5.41) is 3.72. The quantitative estimate of drug-likeness (QED) is 0.940. The summed E-state index contributed by atoms with van der Waals surface area (Å²) in [6.45, 7) is 3.25. The molecule has 3 rings (SSSR count). The minimum Gasteiger partial charge on any atom is -0.360 e. The predicted molar refractivity (Wildman–Crippen MR) is 80.8 cm³/mol. The molecule has 0 saturated carbocycles. The Morgan fingerprint density at radius 3 is 2.81 bits per heavy atom. The lowest BCUT2D eigenvalue weighted by Crippen LogP contribution is -2.31. The van der Waals surface area contributed by atoms with E-state index >= 15 is 0 Å². The molecule has 1 aromatic heterocycles. The van der Waals surface area contributed by atoms with E-state index in [4.69, 9.17) is 4.52 Å². The molecule has 2 heterocycles. The van der Waals surface area contributed by atoms with Crippen LogP contribution in [0.3, 0.4) is 0 Å². The highest BCUT2D eigenvalue weighted by atomic mass is 32.2. The van der Waals surface area contributed by atoms with Crippen molar-refractivity contribution in [2.45, 2.75) is 36.1 Å². The van der Waals surface area contributed by atoms with Crippen molar-refractivity contribution in [3.05, 3.63) is 41.3 Å². The maximum Gasteiger partial charge on any atom is 0.246 e. The Balaban J connectivity index is 1.94. The van der Waals surface area contributed by atoms with Crippen LogP contribution in [0.15, 0.2) is 38.6 Å². The normalized spacial score (nSPS) is 18.5. The molecule has 1 aliphatic rings. The number of nitrogens with one attached hydrogen (secondary N) is 1. The van der Waals surface area contributed by atoms with Gasteiger partial charge < -0.3 is 4.52 Å². The van der Waals surface area contributed by atoms with Gasteiger partial charge in [-0.1, -0.05) is 23.4 Å². The zero-order valence-corrected chi connectivity index (χ0v) is 13.4. The van der Waals surface area contributed by atoms with Gasteiger partial charge in [0, 0.05) is 10.9 Å². The number of benzene rings is 1. The van der Waals surface area contributed by atoms with Crippen molar-refractivity contribution in [3.63, 3.8) is 0 Å². The molecule has 1 atom stereocenters. The Kier molecular flexibility index (Phi) is 3.81. The average molecular weight is 324 g/mol. The summed E-state index contributed by atoms with van der Waals surface area (Å²) in [6, 6.07) is 7.69. The fourth-order valence-electron chi connectivity index (χ4n) is 2.57. The number of sulfonamides is 1. The van der Waals surface area contributed by atoms with Crippen LogP contribution in [-0.2, 0) is 10.0 Å². The first-order valence-electron chi connectivity index (χ1n) is 6.66. The number of nitrogens with zero attached hydrogens (tertiary/aromatic N) is 1. The molecule has 2 aromatic rings. The fraction of sp³-hybridized carbons (Fsp3) is 0.357. The lowest BCUT2D eigenvalue weighted by atomic mass is 10.1. The monoisotopic (exact) mass is 324 g/mol. The van der Waals surface area contributed by atoms with Crippen LogP contribution in [0.25, 0.3) is 0 Å². The first-order chi connectivity index (χ1) is 9.99. The first-order valence-corrected chi connectivity index (χ1v) is 9.13. The van der Waals surface area contributed by atoms with Crippen molar-refractivity contribution in [2.75, 3.05) is 5.75 Å². The van der Waals surface area contributed by atoms with Crippen LogP contribution < -0.4 is 4.72 Å². The van der Waals surface area contributed by atoms with Crippen LogP contribution in [0.2, 0.25) is 0 Å². The highest BCUT2D eigenvalue weighted by Crippen LogP contribution is 2.36. The second-order valence-electron chi connectivity index (χ2n) is 5.00. The molecule has 1 aromatic carbocycles. The van der Waals surface area contributed by atoms with Gasteiger partial charge in [0.05, 0.1) is 0 Å². The molecule has 21 heavy (non-hydrogen) atoms. The second-order valence-corrected chi connectivity index (χ2v) is 7.79. The van der Waals surface area contributed by atoms with E-state index < -0.39 is 10.0 Å². The summed E-state index contributed by atoms with van der Waals surface area (Å²) in [5.74, 6) is 1.21. The van der Waals surface area contributed by atoms with Gasteiger partial charge in [-0.25, -0.2) is 13.1 Å². The molecule has 112 valence electrons. The highest BCUT2D eigenvalue weighted by molar-refractivity contribution is 7.99. The number of aryl methyl sites for hydroxylation is 2. The molecule has 5 nitrogen and oxygen atoms in total. The molecule has 0 saturated heterocycles. The Hall–Kier alpha value is -1.31. The second kappa shape index (κ2) is 5.47. The summed E-state index contributed by atoms with van der Waals surface area (Å²) >= 11 is 1.76. The predicted octanol–water partition coefficient (Wildman–Crippen LogP) is 2.81. The number of aromatic nitrogens is 1. The molecule has 0 fully saturated rings. The van der Waals surface area contributed by atoms with Gasteiger partial charge in [0.15, 0.2) is 5.76 Å². The number of rotatable bonds is 3. The van der Waals surface area contributed by atoms with Gasteiger partial charge in [-0.3, -0.25) is 0 Å². The van der Waals surface area contributed by atoms with Crippen molar-refractivity contribution in [1.29, 1.82) is 0 Å². The summed E-state index contributed by atoms with van der Waals surface area (Å²) in [5.41, 5.74) is 1.42. The molecular formula is C14H16N2O3S2. The van der Waals surface area contributed by atoms with Gasteiger partial charge in [-0.05, 0) is 37.7 Å². The van der Waals surface area contributed by atoms with E-state index in [1.54, 1.807) is 25.6 Å². The number of thioether (sulfide) groups is 1. The summed E-state index contributed by atoms with van der Waals surface area (Å²) in [4.78, 5) is 1.29. The third-order valence-corrected chi connectivity index (χ3v) is 6.33. The Morgan fingerprint density at radius 2 is 2.10 bits per heavy atom. The summed E-state index contributed by atoms with van der Waals surface area (Å²) in [6.07, 6.45) is 0.768. The van der Waals surface area contributed by atoms with Crippen molar-refractivity contribution in [1.82, 2.24) is 9.88 Å². The lowest BCUT2D eigenvalue weighted by molar-refractivity contribution is 0.390. The van der Waals surface area contributed by atoms with Gasteiger partial charge in [0.2, 0.25) is 10.0 Å². The van der Waals surface area contributed by atoms with Gasteiger partial charge in [-0.2, -0.15) is 0 Å². The third kappa shape index (κ3) is 2.73. The maximum atomic E-state index is 12.6. The van der Waals surface area contributed by atoms with Crippen LogP contribution in [-0.4, -0.2) is 19.3 Å². The minimum absolute atomic E-state index is 0.151. The number of hydrogen-bond acceptors (Lipinski definition) is 5. The summed E-state index contributed by atoms with van der Waals surface area (Å²) < 4.78 is 33.0. The SMILES string of the molecule is Cc1noc(C)c1S(=O)(=O)N[C@@H]1CCSc2ccccc21. The van der Waals surface area contributed by atoms with Gasteiger partial charge in [-0.15, -0.1) is 11.8 Å². The number of fused-ring (bicyclic) bond motifs is 1. The van der Waals surface area contributed by atoms with Gasteiger partial charge in [0.1, 0.15) is 10.6 Å². The smallest absolute Gasteiger partial charge is 0.246 e. The van der Waals surface area contributed by atoms with E-state index in [0.29, 0.717) is 11.5 Å². The molecule has 0 radical (unpaired) electrons. The molecule has 7 heteroatoms. The van der Waals surface area contributed by atoms with Crippen LogP contribution in [0, 0.1) is 13.8 Å². The van der Waals surface area contributed by atoms with Crippen molar-refractivity contribution < 1.29 is 12.9 Å². The van der Waals surface area contributed by atoms with Crippen LogP contribution in [0.5, 0.6) is 0 Å². The molecule has 1 aliphatic heterocycles. The van der Waals surface area contributed by atoms with Crippen molar-refractivity contribution in [2.24, 2.45) is 0 Å². The van der Waals surface area contributed by atoms with E-state index in [1.165, 1.54) is 0 Å². The third-order valence-electron chi connectivity index (χ3n) is 3.49. The van der Waals surface area contributed by atoms with Gasteiger partial charge >= 0.3 is 0 Å². The Labute approximate surface area is 128 Å². The maximum absolute atomic E-state index is 12.6. The lowest BCUT2D eigenvalue weighted by Gasteiger charge is -2.25. The molecular weight excluding hydrogens is 308 g/mol. The minimum atomic E-state index is -3.64. The van der Waals surface area contributed by atoms with Crippen LogP contribution in [0.4, 0.5) is 0 Å². The van der Waals surface area contributed by atoms with Crippen molar-refractivity contribution >= 4 is 21.8 Å². The molecule has 0 aliphatic carbocycles. The Bertz CT molecular complexity index is 749. The Morgan fingerprint density at radius 1 is 1.33 bits per heavy atom. The zero-order valence-electron chi connectivity index (χ0n) is 11.8. The van der Waals surface area contributed by atoms with Gasteiger partial charge in [0.25, 0.3) is 0 Å². The zero-order chi connectivity index (χ0) is 15.0. The molecule has 0 amide bonds. The molecule has 0 unspecified atom stereocenters. The summed E-state index contributed by atoms with van der Waals surface area (Å²) in [7, 11) is -3.64. The van der Waals surface area contributed by atoms with E-state index in [2.05, 4.69) is 9.88 Å². The molecule has 1 N–H and O–H groups in total. The van der Waals surface area contributed by atoms with E-state index in [1.807, 2.05) is 24.3 Å². The van der Waals surface area contributed by atoms with Crippen LogP contribution >= 0.6 is 11.8 Å². The first kappa shape index (κ1) is 14.6. The van der Waals surface area contributed by atoms with E-state index in [0.717, 1.165) is 22.6 Å². The fourth-order valence-corrected chi connectivity index (χ4v) is 5.27. The van der Waals surface area contributed by atoms with E-state index in [9.17, 15) is 8.42 Å². The molecule has 0 bridgehead atoms. The topological polar surface area (TPSA) is 72.2 Å². The average Bonchev–Trinajstić information content (AvgIpc) is 2.79. The van der Waals surface area contributed by atoms with Crippen LogP contribution in [0.1, 0.15) is 29.5 Å². The van der Waals surface area contributed by atoms with E-state index in [-0.39, 0.29) is 10.9 Å². The van der Waals surface area contributed by atoms with Crippen molar-refractivity contribution in [3.8, 4) is 0 Å². The standard InChI is InChI=1S/C14H16N2O3S2/c1-9-14(10(2)19-15-9)21(17,18)16-12-7-8-20-13-6-4-3-5-11(12)13/h3-6,12,16H,7-8H2,1-2H3/t12-/m1/s1. The largest absolute Gasteiger partial charge is 0.360 e. The number of hydrogen-bond donors (Lipinski definition) is 1.